The van der Waals surface area contributed by atoms with Crippen molar-refractivity contribution in [2.75, 3.05) is 6.26 Å². The zero-order valence-corrected chi connectivity index (χ0v) is 15.2. The van der Waals surface area contributed by atoms with Gasteiger partial charge >= 0.3 is 0 Å². The Morgan fingerprint density at radius 3 is 2.77 bits per heavy atom. The van der Waals surface area contributed by atoms with E-state index in [0.29, 0.717) is 28.9 Å². The molecule has 0 spiro atoms. The highest BCUT2D eigenvalue weighted by Gasteiger charge is 2.33. The number of rotatable bonds is 6. The van der Waals surface area contributed by atoms with Crippen LogP contribution in [-0.4, -0.2) is 17.2 Å². The molecular weight excluding hydrogens is 349 g/mol. The molecule has 0 radical (unpaired) electrons. The molecule has 4 rings (SSSR count). The first-order valence-electron chi connectivity index (χ1n) is 8.57. The maximum atomic E-state index is 14.6. The van der Waals surface area contributed by atoms with Gasteiger partial charge in [-0.15, -0.1) is 11.8 Å². The Bertz CT molecular complexity index is 962. The molecule has 1 aliphatic rings. The highest BCUT2D eigenvalue weighted by atomic mass is 32.2. The van der Waals surface area contributed by atoms with Crippen LogP contribution in [0.1, 0.15) is 51.6 Å². The van der Waals surface area contributed by atoms with Crippen LogP contribution in [0.5, 0.6) is 0 Å². The monoisotopic (exact) mass is 367 g/mol. The van der Waals surface area contributed by atoms with Gasteiger partial charge in [-0.25, -0.2) is 4.39 Å². The zero-order chi connectivity index (χ0) is 18.1. The van der Waals surface area contributed by atoms with Crippen molar-refractivity contribution in [3.63, 3.8) is 0 Å². The smallest absolute Gasteiger partial charge is 0.198 e. The minimum Gasteiger partial charge on any atom is -0.360 e. The van der Waals surface area contributed by atoms with Gasteiger partial charge in [-0.2, -0.15) is 0 Å². The van der Waals surface area contributed by atoms with Gasteiger partial charge in [-0.05, 0) is 36.8 Å². The SMILES string of the molecule is CSc1ccccc1Cc1c(F)cccc1C(=O)c1cnoc1C1CC1. The summed E-state index contributed by atoms with van der Waals surface area (Å²) in [4.78, 5) is 14.2. The Kier molecular flexibility index (Phi) is 4.64. The second-order valence-corrected chi connectivity index (χ2v) is 7.31. The van der Waals surface area contributed by atoms with Crippen molar-refractivity contribution in [3.05, 3.63) is 82.5 Å². The molecule has 2 aromatic carbocycles. The number of carbonyl (C=O) groups is 1. The van der Waals surface area contributed by atoms with Crippen LogP contribution in [0, 0.1) is 5.82 Å². The molecule has 1 aliphatic carbocycles. The standard InChI is InChI=1S/C21H18FNO2S/c1-26-19-8-3-2-5-14(19)11-16-15(6-4-7-18(16)22)20(24)17-12-23-25-21(17)13-9-10-13/h2-8,12-13H,9-11H2,1H3. The number of ketones is 1. The lowest BCUT2D eigenvalue weighted by Gasteiger charge is -2.12. The van der Waals surface area contributed by atoms with Crippen molar-refractivity contribution in [2.24, 2.45) is 0 Å². The van der Waals surface area contributed by atoms with Gasteiger partial charge < -0.3 is 4.52 Å². The van der Waals surface area contributed by atoms with E-state index < -0.39 is 0 Å². The van der Waals surface area contributed by atoms with Gasteiger partial charge in [-0.1, -0.05) is 35.5 Å². The van der Waals surface area contributed by atoms with Gasteiger partial charge in [0.2, 0.25) is 0 Å². The molecule has 0 aliphatic heterocycles. The maximum Gasteiger partial charge on any atom is 0.198 e. The van der Waals surface area contributed by atoms with Crippen molar-refractivity contribution in [2.45, 2.75) is 30.1 Å². The molecule has 0 atom stereocenters. The quantitative estimate of drug-likeness (QED) is 0.442. The largest absolute Gasteiger partial charge is 0.360 e. The number of benzene rings is 2. The lowest BCUT2D eigenvalue weighted by Crippen LogP contribution is -2.09. The number of nitrogens with zero attached hydrogens (tertiary/aromatic N) is 1. The van der Waals surface area contributed by atoms with E-state index in [1.54, 1.807) is 23.9 Å². The summed E-state index contributed by atoms with van der Waals surface area (Å²) in [5.74, 6) is 0.320. The van der Waals surface area contributed by atoms with Crippen molar-refractivity contribution in [3.8, 4) is 0 Å². The molecule has 0 bridgehead atoms. The first kappa shape index (κ1) is 17.0. The van der Waals surface area contributed by atoms with Crippen molar-refractivity contribution in [1.82, 2.24) is 5.16 Å². The molecule has 1 aromatic heterocycles. The summed E-state index contributed by atoms with van der Waals surface area (Å²) in [5.41, 5.74) is 2.26. The third kappa shape index (κ3) is 3.19. The fraction of sp³-hybridized carbons (Fsp3) is 0.238. The number of halogens is 1. The van der Waals surface area contributed by atoms with Crippen LogP contribution in [0.2, 0.25) is 0 Å². The molecule has 3 nitrogen and oxygen atoms in total. The van der Waals surface area contributed by atoms with E-state index in [4.69, 9.17) is 4.52 Å². The lowest BCUT2D eigenvalue weighted by atomic mass is 9.93. The Morgan fingerprint density at radius 1 is 1.19 bits per heavy atom. The molecule has 1 heterocycles. The van der Waals surface area contributed by atoms with Gasteiger partial charge in [0.1, 0.15) is 5.82 Å². The molecule has 0 saturated heterocycles. The van der Waals surface area contributed by atoms with Crippen LogP contribution in [-0.2, 0) is 6.42 Å². The summed E-state index contributed by atoms with van der Waals surface area (Å²) >= 11 is 1.61. The Morgan fingerprint density at radius 2 is 2.00 bits per heavy atom. The average molecular weight is 367 g/mol. The molecule has 0 N–H and O–H groups in total. The minimum absolute atomic E-state index is 0.218. The third-order valence-electron chi connectivity index (χ3n) is 4.71. The van der Waals surface area contributed by atoms with E-state index in [1.165, 1.54) is 12.3 Å². The van der Waals surface area contributed by atoms with Crippen LogP contribution < -0.4 is 0 Å². The van der Waals surface area contributed by atoms with Crippen LogP contribution in [0.15, 0.2) is 58.1 Å². The van der Waals surface area contributed by atoms with Crippen molar-refractivity contribution < 1.29 is 13.7 Å². The Labute approximate surface area is 155 Å². The lowest BCUT2D eigenvalue weighted by molar-refractivity contribution is 0.103. The first-order valence-corrected chi connectivity index (χ1v) is 9.80. The predicted molar refractivity (Wildman–Crippen MR) is 99.3 cm³/mol. The second-order valence-electron chi connectivity index (χ2n) is 6.46. The van der Waals surface area contributed by atoms with Gasteiger partial charge in [0, 0.05) is 28.4 Å². The summed E-state index contributed by atoms with van der Waals surface area (Å²) in [6.07, 6.45) is 5.83. The van der Waals surface area contributed by atoms with Gasteiger partial charge in [0.25, 0.3) is 0 Å². The summed E-state index contributed by atoms with van der Waals surface area (Å²) in [6.45, 7) is 0. The number of aromatic nitrogens is 1. The fourth-order valence-corrected chi connectivity index (χ4v) is 3.81. The number of hydrogen-bond donors (Lipinski definition) is 0. The number of thioether (sulfide) groups is 1. The van der Waals surface area contributed by atoms with Crippen molar-refractivity contribution in [1.29, 1.82) is 0 Å². The fourth-order valence-electron chi connectivity index (χ4n) is 3.19. The van der Waals surface area contributed by atoms with E-state index in [-0.39, 0.29) is 17.5 Å². The van der Waals surface area contributed by atoms with Crippen LogP contribution in [0.25, 0.3) is 0 Å². The highest BCUT2D eigenvalue weighted by Crippen LogP contribution is 2.42. The van der Waals surface area contributed by atoms with Crippen LogP contribution in [0.3, 0.4) is 0 Å². The summed E-state index contributed by atoms with van der Waals surface area (Å²) in [5, 5.41) is 3.80. The third-order valence-corrected chi connectivity index (χ3v) is 5.55. The molecule has 5 heteroatoms. The van der Waals surface area contributed by atoms with E-state index in [0.717, 1.165) is 23.3 Å². The Hall–Kier alpha value is -2.40. The molecule has 3 aromatic rings. The van der Waals surface area contributed by atoms with Crippen molar-refractivity contribution >= 4 is 17.5 Å². The summed E-state index contributed by atoms with van der Waals surface area (Å²) < 4.78 is 19.9. The van der Waals surface area contributed by atoms with Gasteiger partial charge in [-0.3, -0.25) is 4.79 Å². The van der Waals surface area contributed by atoms with E-state index >= 15 is 0 Å². The molecular formula is C21H18FNO2S. The summed E-state index contributed by atoms with van der Waals surface area (Å²) in [6, 6.07) is 12.5. The molecule has 0 unspecified atom stereocenters. The highest BCUT2D eigenvalue weighted by molar-refractivity contribution is 7.98. The second kappa shape index (κ2) is 7.08. The van der Waals surface area contributed by atoms with Gasteiger partial charge in [0.05, 0.1) is 11.8 Å². The Balaban J connectivity index is 1.74. The summed E-state index contributed by atoms with van der Waals surface area (Å²) in [7, 11) is 0. The van der Waals surface area contributed by atoms with Gasteiger partial charge in [0.15, 0.2) is 11.5 Å². The number of carbonyl (C=O) groups excluding carboxylic acids is 1. The van der Waals surface area contributed by atoms with E-state index in [2.05, 4.69) is 5.16 Å². The molecule has 0 amide bonds. The topological polar surface area (TPSA) is 43.1 Å². The van der Waals surface area contributed by atoms with Crippen LogP contribution >= 0.6 is 11.8 Å². The van der Waals surface area contributed by atoms with E-state index in [1.807, 2.05) is 30.5 Å². The molecule has 1 fully saturated rings. The predicted octanol–water partition coefficient (Wildman–Crippen LogP) is 5.23. The van der Waals surface area contributed by atoms with E-state index in [9.17, 15) is 9.18 Å². The molecule has 26 heavy (non-hydrogen) atoms. The normalized spacial score (nSPS) is 13.8. The molecule has 1 saturated carbocycles. The van der Waals surface area contributed by atoms with Crippen LogP contribution in [0.4, 0.5) is 4.39 Å². The average Bonchev–Trinajstić information content (AvgIpc) is 3.39. The zero-order valence-electron chi connectivity index (χ0n) is 14.4. The number of hydrogen-bond acceptors (Lipinski definition) is 4. The maximum absolute atomic E-state index is 14.6. The first-order chi connectivity index (χ1) is 12.7. The molecule has 132 valence electrons. The minimum atomic E-state index is -0.365.